The quantitative estimate of drug-likeness (QED) is 0.388. The Morgan fingerprint density at radius 3 is 3.14 bits per heavy atom. The maximum Gasteiger partial charge on any atom is 0.157 e. The lowest BCUT2D eigenvalue weighted by atomic mass is 10.2. The molecule has 0 amide bonds. The number of nitrogens with zero attached hydrogens (tertiary/aromatic N) is 3. The van der Waals surface area contributed by atoms with Gasteiger partial charge in [-0.05, 0) is 38.1 Å². The summed E-state index contributed by atoms with van der Waals surface area (Å²) >= 11 is 0. The second-order valence-electron chi connectivity index (χ2n) is 3.49. The smallest absolute Gasteiger partial charge is 0.157 e. The SMILES string of the molecule is C[C@@H](CCN=[N+]=[N-])O[C@H]1CCCCO1. The summed E-state index contributed by atoms with van der Waals surface area (Å²) in [4.78, 5) is 2.69. The molecule has 0 N–H and O–H groups in total. The highest BCUT2D eigenvalue weighted by molar-refractivity contribution is 4.59. The molecule has 80 valence electrons. The lowest BCUT2D eigenvalue weighted by molar-refractivity contribution is -0.184. The van der Waals surface area contributed by atoms with Gasteiger partial charge in [0.25, 0.3) is 0 Å². The van der Waals surface area contributed by atoms with Crippen LogP contribution >= 0.6 is 0 Å². The number of hydrogen-bond donors (Lipinski definition) is 0. The summed E-state index contributed by atoms with van der Waals surface area (Å²) in [5, 5.41) is 3.46. The van der Waals surface area contributed by atoms with Crippen LogP contribution in [0.1, 0.15) is 32.6 Å². The van der Waals surface area contributed by atoms with E-state index < -0.39 is 0 Å². The van der Waals surface area contributed by atoms with Crippen LogP contribution < -0.4 is 0 Å². The van der Waals surface area contributed by atoms with Crippen molar-refractivity contribution in [3.63, 3.8) is 0 Å². The summed E-state index contributed by atoms with van der Waals surface area (Å²) in [6.07, 6.45) is 4.09. The van der Waals surface area contributed by atoms with Crippen molar-refractivity contribution in [1.82, 2.24) is 0 Å². The van der Waals surface area contributed by atoms with Crippen LogP contribution in [-0.4, -0.2) is 25.5 Å². The predicted octanol–water partition coefficient (Wildman–Crippen LogP) is 2.62. The normalized spacial score (nSPS) is 23.9. The Bertz CT molecular complexity index is 198. The Hall–Kier alpha value is -0.770. The van der Waals surface area contributed by atoms with E-state index in [1.54, 1.807) is 0 Å². The average molecular weight is 199 g/mol. The molecular formula is C9H17N3O2. The van der Waals surface area contributed by atoms with Crippen LogP contribution in [-0.2, 0) is 9.47 Å². The number of ether oxygens (including phenoxy) is 2. The molecule has 0 radical (unpaired) electrons. The first kappa shape index (κ1) is 11.3. The first-order valence-corrected chi connectivity index (χ1v) is 5.11. The number of hydrogen-bond acceptors (Lipinski definition) is 3. The van der Waals surface area contributed by atoms with Gasteiger partial charge in [0.2, 0.25) is 0 Å². The molecule has 2 atom stereocenters. The van der Waals surface area contributed by atoms with Crippen LogP contribution in [0, 0.1) is 0 Å². The van der Waals surface area contributed by atoms with Gasteiger partial charge in [-0.15, -0.1) is 0 Å². The van der Waals surface area contributed by atoms with Gasteiger partial charge >= 0.3 is 0 Å². The molecule has 1 aliphatic rings. The molecule has 0 unspecified atom stereocenters. The maximum absolute atomic E-state index is 8.09. The minimum atomic E-state index is -0.0511. The summed E-state index contributed by atoms with van der Waals surface area (Å²) in [6, 6.07) is 0. The molecule has 0 bridgehead atoms. The van der Waals surface area contributed by atoms with Crippen molar-refractivity contribution >= 4 is 0 Å². The summed E-state index contributed by atoms with van der Waals surface area (Å²) in [6.45, 7) is 3.27. The predicted molar refractivity (Wildman–Crippen MR) is 52.8 cm³/mol. The fourth-order valence-electron chi connectivity index (χ4n) is 1.43. The van der Waals surface area contributed by atoms with Crippen LogP contribution in [0.2, 0.25) is 0 Å². The van der Waals surface area contributed by atoms with Gasteiger partial charge in [0.05, 0.1) is 6.10 Å². The molecule has 0 aromatic heterocycles. The molecule has 1 aliphatic heterocycles. The Kier molecular flexibility index (Phi) is 5.37. The third kappa shape index (κ3) is 4.46. The zero-order valence-electron chi connectivity index (χ0n) is 8.56. The van der Waals surface area contributed by atoms with Crippen LogP contribution in [0.25, 0.3) is 10.4 Å². The van der Waals surface area contributed by atoms with Crippen molar-refractivity contribution in [3.8, 4) is 0 Å². The third-order valence-electron chi connectivity index (χ3n) is 2.22. The standard InChI is InChI=1S/C9H17N3O2/c1-8(5-6-11-12-10)14-9-4-2-3-7-13-9/h8-9H,2-7H2,1H3/t8-,9-/m0/s1. The van der Waals surface area contributed by atoms with E-state index in [0.717, 1.165) is 25.9 Å². The van der Waals surface area contributed by atoms with Gasteiger partial charge in [-0.3, -0.25) is 0 Å². The molecule has 5 heteroatoms. The minimum Gasteiger partial charge on any atom is -0.353 e. The van der Waals surface area contributed by atoms with E-state index in [9.17, 15) is 0 Å². The fourth-order valence-corrected chi connectivity index (χ4v) is 1.43. The number of rotatable bonds is 5. The van der Waals surface area contributed by atoms with E-state index in [1.165, 1.54) is 6.42 Å². The molecule has 0 saturated carbocycles. The second-order valence-corrected chi connectivity index (χ2v) is 3.49. The lowest BCUT2D eigenvalue weighted by Crippen LogP contribution is -2.26. The summed E-state index contributed by atoms with van der Waals surface area (Å²) in [5.74, 6) is 0. The molecule has 0 spiro atoms. The van der Waals surface area contributed by atoms with Gasteiger partial charge in [0.1, 0.15) is 0 Å². The number of azide groups is 1. The maximum atomic E-state index is 8.09. The molecule has 1 fully saturated rings. The Labute approximate surface area is 84.0 Å². The van der Waals surface area contributed by atoms with Gasteiger partial charge in [-0.1, -0.05) is 5.11 Å². The molecule has 1 saturated heterocycles. The Balaban J connectivity index is 2.11. The minimum absolute atomic E-state index is 0.0511. The van der Waals surface area contributed by atoms with Crippen molar-refractivity contribution in [2.45, 2.75) is 45.0 Å². The molecule has 5 nitrogen and oxygen atoms in total. The van der Waals surface area contributed by atoms with Crippen LogP contribution in [0.3, 0.4) is 0 Å². The molecule has 0 aromatic carbocycles. The van der Waals surface area contributed by atoms with Crippen molar-refractivity contribution in [3.05, 3.63) is 10.4 Å². The topological polar surface area (TPSA) is 67.2 Å². The van der Waals surface area contributed by atoms with E-state index in [-0.39, 0.29) is 12.4 Å². The largest absolute Gasteiger partial charge is 0.353 e. The Morgan fingerprint density at radius 1 is 1.64 bits per heavy atom. The second kappa shape index (κ2) is 6.65. The van der Waals surface area contributed by atoms with E-state index in [2.05, 4.69) is 10.0 Å². The zero-order valence-corrected chi connectivity index (χ0v) is 8.56. The monoisotopic (exact) mass is 199 g/mol. The molecule has 1 rings (SSSR count). The first-order valence-electron chi connectivity index (χ1n) is 5.11. The van der Waals surface area contributed by atoms with Gasteiger partial charge in [0, 0.05) is 18.1 Å². The van der Waals surface area contributed by atoms with Gasteiger partial charge in [-0.25, -0.2) is 0 Å². The van der Waals surface area contributed by atoms with E-state index in [1.807, 2.05) is 6.92 Å². The van der Waals surface area contributed by atoms with Gasteiger partial charge < -0.3 is 9.47 Å². The molecule has 0 aromatic rings. The third-order valence-corrected chi connectivity index (χ3v) is 2.22. The molecule has 0 aliphatic carbocycles. The highest BCUT2D eigenvalue weighted by Crippen LogP contribution is 2.16. The lowest BCUT2D eigenvalue weighted by Gasteiger charge is -2.25. The first-order chi connectivity index (χ1) is 6.83. The van der Waals surface area contributed by atoms with Gasteiger partial charge in [-0.2, -0.15) is 0 Å². The summed E-state index contributed by atoms with van der Waals surface area (Å²) in [5.41, 5.74) is 8.09. The van der Waals surface area contributed by atoms with Crippen molar-refractivity contribution in [2.75, 3.05) is 13.2 Å². The summed E-state index contributed by atoms with van der Waals surface area (Å²) in [7, 11) is 0. The highest BCUT2D eigenvalue weighted by atomic mass is 16.7. The highest BCUT2D eigenvalue weighted by Gasteiger charge is 2.16. The van der Waals surface area contributed by atoms with E-state index in [0.29, 0.717) is 6.54 Å². The van der Waals surface area contributed by atoms with Gasteiger partial charge in [0.15, 0.2) is 6.29 Å². The summed E-state index contributed by atoms with van der Waals surface area (Å²) < 4.78 is 11.1. The average Bonchev–Trinajstić information content (AvgIpc) is 2.20. The van der Waals surface area contributed by atoms with Crippen LogP contribution in [0.4, 0.5) is 0 Å². The van der Waals surface area contributed by atoms with Crippen LogP contribution in [0.15, 0.2) is 5.11 Å². The zero-order chi connectivity index (χ0) is 10.2. The van der Waals surface area contributed by atoms with Crippen molar-refractivity contribution < 1.29 is 9.47 Å². The van der Waals surface area contributed by atoms with E-state index in [4.69, 9.17) is 15.0 Å². The molecule has 14 heavy (non-hydrogen) atoms. The van der Waals surface area contributed by atoms with Crippen molar-refractivity contribution in [1.29, 1.82) is 0 Å². The van der Waals surface area contributed by atoms with Crippen molar-refractivity contribution in [2.24, 2.45) is 5.11 Å². The fraction of sp³-hybridized carbons (Fsp3) is 1.00. The van der Waals surface area contributed by atoms with Crippen LogP contribution in [0.5, 0.6) is 0 Å². The van der Waals surface area contributed by atoms with E-state index >= 15 is 0 Å². The molecular weight excluding hydrogens is 182 g/mol. The molecule has 1 heterocycles. The Morgan fingerprint density at radius 2 is 2.50 bits per heavy atom.